The van der Waals surface area contributed by atoms with Gasteiger partial charge in [0.2, 0.25) is 0 Å². The Morgan fingerprint density at radius 1 is 1.32 bits per heavy atom. The Balaban J connectivity index is 1.40. The fraction of sp³-hybridized carbons (Fsp3) is 0.579. The first-order valence-corrected chi connectivity index (χ1v) is 8.88. The molecule has 0 radical (unpaired) electrons. The summed E-state index contributed by atoms with van der Waals surface area (Å²) in [7, 11) is 0. The summed E-state index contributed by atoms with van der Waals surface area (Å²) in [5.74, 6) is -0.682. The van der Waals surface area contributed by atoms with Crippen LogP contribution in [0.15, 0.2) is 24.3 Å². The lowest BCUT2D eigenvalue weighted by atomic mass is 10.00. The second kappa shape index (κ2) is 8.45. The molecule has 0 aliphatic carbocycles. The van der Waals surface area contributed by atoms with E-state index in [1.807, 2.05) is 18.2 Å². The van der Waals surface area contributed by atoms with E-state index in [-0.39, 0.29) is 18.6 Å². The molecule has 1 aromatic carbocycles. The number of nitrogens with zero attached hydrogens (tertiary/aromatic N) is 1. The van der Waals surface area contributed by atoms with Gasteiger partial charge in [0, 0.05) is 19.7 Å². The molecule has 136 valence electrons. The van der Waals surface area contributed by atoms with Gasteiger partial charge in [0.05, 0.1) is 12.7 Å². The molecule has 1 aromatic rings. The van der Waals surface area contributed by atoms with Crippen LogP contribution >= 0.6 is 0 Å². The fourth-order valence-electron chi connectivity index (χ4n) is 3.15. The molecule has 1 fully saturated rings. The summed E-state index contributed by atoms with van der Waals surface area (Å²) in [6.07, 6.45) is 2.18. The summed E-state index contributed by atoms with van der Waals surface area (Å²) in [5, 5.41) is 0. The smallest absolute Gasteiger partial charge is 0.335 e. The van der Waals surface area contributed by atoms with Crippen LogP contribution in [0.2, 0.25) is 0 Å². The summed E-state index contributed by atoms with van der Waals surface area (Å²) >= 11 is 0. The van der Waals surface area contributed by atoms with Crippen LogP contribution < -0.4 is 0 Å². The van der Waals surface area contributed by atoms with Crippen molar-refractivity contribution in [2.45, 2.75) is 44.9 Å². The van der Waals surface area contributed by atoms with Crippen molar-refractivity contribution in [2.24, 2.45) is 0 Å². The average molecular weight is 347 g/mol. The van der Waals surface area contributed by atoms with E-state index in [0.29, 0.717) is 19.7 Å². The van der Waals surface area contributed by atoms with Gasteiger partial charge in [-0.15, -0.1) is 0 Å². The van der Waals surface area contributed by atoms with Crippen molar-refractivity contribution in [1.82, 2.24) is 4.90 Å². The number of benzene rings is 1. The van der Waals surface area contributed by atoms with Gasteiger partial charge in [-0.05, 0) is 37.3 Å². The summed E-state index contributed by atoms with van der Waals surface area (Å²) in [6.45, 7) is 3.75. The first kappa shape index (κ1) is 17.9. The lowest BCUT2D eigenvalue weighted by Gasteiger charge is -2.28. The summed E-state index contributed by atoms with van der Waals surface area (Å²) < 4.78 is 16.1. The second-order valence-electron chi connectivity index (χ2n) is 6.55. The molecule has 0 saturated carbocycles. The Morgan fingerprint density at radius 2 is 2.12 bits per heavy atom. The first-order chi connectivity index (χ1) is 12.1. The standard InChI is InChI=1S/C19H25NO5/c1-14(24-12-17-7-4-10-23-17)19(22)25-13-18(21)20-9-8-15-5-2-3-6-16(15)11-20/h2-3,5-6,14,17H,4,7-13H2,1H3. The SMILES string of the molecule is CC(OCC1CCCO1)C(=O)OCC(=O)N1CCc2ccccc2C1. The van der Waals surface area contributed by atoms with Crippen LogP contribution in [0.25, 0.3) is 0 Å². The number of esters is 1. The van der Waals surface area contributed by atoms with Gasteiger partial charge in [-0.2, -0.15) is 0 Å². The van der Waals surface area contributed by atoms with E-state index >= 15 is 0 Å². The Labute approximate surface area is 148 Å². The van der Waals surface area contributed by atoms with Crippen molar-refractivity contribution < 1.29 is 23.8 Å². The third-order valence-corrected chi connectivity index (χ3v) is 4.71. The molecule has 3 rings (SSSR count). The lowest BCUT2D eigenvalue weighted by Crippen LogP contribution is -2.39. The van der Waals surface area contributed by atoms with Crippen molar-refractivity contribution in [1.29, 1.82) is 0 Å². The first-order valence-electron chi connectivity index (χ1n) is 8.88. The van der Waals surface area contributed by atoms with E-state index in [2.05, 4.69) is 6.07 Å². The topological polar surface area (TPSA) is 65.1 Å². The van der Waals surface area contributed by atoms with Crippen LogP contribution in [0.4, 0.5) is 0 Å². The van der Waals surface area contributed by atoms with Crippen LogP contribution in [-0.4, -0.2) is 55.3 Å². The minimum Gasteiger partial charge on any atom is -0.454 e. The summed E-state index contributed by atoms with van der Waals surface area (Å²) in [4.78, 5) is 26.0. The molecule has 0 spiro atoms. The van der Waals surface area contributed by atoms with E-state index in [4.69, 9.17) is 14.2 Å². The third-order valence-electron chi connectivity index (χ3n) is 4.71. The molecule has 0 aromatic heterocycles. The highest BCUT2D eigenvalue weighted by atomic mass is 16.6. The zero-order valence-corrected chi connectivity index (χ0v) is 14.6. The maximum atomic E-state index is 12.3. The normalized spacial score (nSPS) is 20.8. The molecule has 0 N–H and O–H groups in total. The minimum atomic E-state index is -0.695. The predicted molar refractivity (Wildman–Crippen MR) is 90.9 cm³/mol. The second-order valence-corrected chi connectivity index (χ2v) is 6.55. The van der Waals surface area contributed by atoms with E-state index < -0.39 is 12.1 Å². The summed E-state index contributed by atoms with van der Waals surface area (Å²) in [5.41, 5.74) is 2.43. The Bertz CT molecular complexity index is 612. The molecular formula is C19H25NO5. The number of carbonyl (C=O) groups excluding carboxylic acids is 2. The largest absolute Gasteiger partial charge is 0.454 e. The number of hydrogen-bond donors (Lipinski definition) is 0. The van der Waals surface area contributed by atoms with Crippen molar-refractivity contribution in [2.75, 3.05) is 26.4 Å². The van der Waals surface area contributed by atoms with Crippen LogP contribution in [-0.2, 0) is 36.8 Å². The zero-order valence-electron chi connectivity index (χ0n) is 14.6. The van der Waals surface area contributed by atoms with Gasteiger partial charge in [-0.25, -0.2) is 4.79 Å². The quantitative estimate of drug-likeness (QED) is 0.733. The molecule has 2 unspecified atom stereocenters. The molecule has 25 heavy (non-hydrogen) atoms. The number of amides is 1. The summed E-state index contributed by atoms with van der Waals surface area (Å²) in [6, 6.07) is 8.10. The molecule has 0 bridgehead atoms. The Hall–Kier alpha value is -1.92. The molecular weight excluding hydrogens is 322 g/mol. The van der Waals surface area contributed by atoms with Crippen LogP contribution in [0.5, 0.6) is 0 Å². The van der Waals surface area contributed by atoms with E-state index in [1.54, 1.807) is 11.8 Å². The van der Waals surface area contributed by atoms with Gasteiger partial charge in [0.15, 0.2) is 12.7 Å². The fourth-order valence-corrected chi connectivity index (χ4v) is 3.15. The van der Waals surface area contributed by atoms with Crippen molar-refractivity contribution in [3.05, 3.63) is 35.4 Å². The highest BCUT2D eigenvalue weighted by molar-refractivity contribution is 5.82. The van der Waals surface area contributed by atoms with Gasteiger partial charge in [0.25, 0.3) is 5.91 Å². The lowest BCUT2D eigenvalue weighted by molar-refractivity contribution is -0.162. The number of rotatable bonds is 6. The van der Waals surface area contributed by atoms with Gasteiger partial charge in [-0.1, -0.05) is 24.3 Å². The molecule has 2 heterocycles. The highest BCUT2D eigenvalue weighted by Gasteiger charge is 2.24. The third kappa shape index (κ3) is 4.80. The number of fused-ring (bicyclic) bond motifs is 1. The number of ether oxygens (including phenoxy) is 3. The van der Waals surface area contributed by atoms with Crippen LogP contribution in [0.3, 0.4) is 0 Å². The number of carbonyl (C=O) groups is 2. The molecule has 6 nitrogen and oxygen atoms in total. The minimum absolute atomic E-state index is 0.0605. The van der Waals surface area contributed by atoms with Gasteiger partial charge in [0.1, 0.15) is 0 Å². The maximum absolute atomic E-state index is 12.3. The van der Waals surface area contributed by atoms with Crippen LogP contribution in [0.1, 0.15) is 30.9 Å². The molecule has 2 aliphatic rings. The Morgan fingerprint density at radius 3 is 2.88 bits per heavy atom. The van der Waals surface area contributed by atoms with Crippen molar-refractivity contribution >= 4 is 11.9 Å². The molecule has 1 amide bonds. The monoisotopic (exact) mass is 347 g/mol. The van der Waals surface area contributed by atoms with E-state index in [0.717, 1.165) is 31.4 Å². The van der Waals surface area contributed by atoms with Gasteiger partial charge < -0.3 is 19.1 Å². The molecule has 6 heteroatoms. The number of hydrogen-bond acceptors (Lipinski definition) is 5. The van der Waals surface area contributed by atoms with Gasteiger partial charge in [-0.3, -0.25) is 4.79 Å². The van der Waals surface area contributed by atoms with Crippen molar-refractivity contribution in [3.8, 4) is 0 Å². The predicted octanol–water partition coefficient (Wildman–Crippen LogP) is 1.70. The average Bonchev–Trinajstić information content (AvgIpc) is 3.17. The van der Waals surface area contributed by atoms with Gasteiger partial charge >= 0.3 is 5.97 Å². The highest BCUT2D eigenvalue weighted by Crippen LogP contribution is 2.18. The van der Waals surface area contributed by atoms with E-state index in [9.17, 15) is 9.59 Å². The Kier molecular flexibility index (Phi) is 6.04. The molecule has 1 saturated heterocycles. The molecule has 2 aliphatic heterocycles. The van der Waals surface area contributed by atoms with E-state index in [1.165, 1.54) is 5.56 Å². The maximum Gasteiger partial charge on any atom is 0.335 e. The van der Waals surface area contributed by atoms with Crippen molar-refractivity contribution in [3.63, 3.8) is 0 Å². The zero-order chi connectivity index (χ0) is 17.6. The molecule has 2 atom stereocenters. The van der Waals surface area contributed by atoms with Crippen LogP contribution in [0, 0.1) is 0 Å².